The number of likely N-dealkylation sites (tertiary alicyclic amines) is 1. The van der Waals surface area contributed by atoms with Gasteiger partial charge in [-0.25, -0.2) is 0 Å². The molecule has 3 aliphatic rings. The van der Waals surface area contributed by atoms with Gasteiger partial charge in [0.1, 0.15) is 18.1 Å². The second-order valence-electron chi connectivity index (χ2n) is 14.7. The van der Waals surface area contributed by atoms with Gasteiger partial charge in [-0.15, -0.1) is 17.9 Å². The maximum absolute atomic E-state index is 14.3. The molecular formula is C35H51N5O6S. The van der Waals surface area contributed by atoms with E-state index >= 15 is 0 Å². The Morgan fingerprint density at radius 2 is 1.72 bits per heavy atom. The third-order valence-corrected chi connectivity index (χ3v) is 10.6. The smallest absolute Gasteiger partial charge is 0.289 e. The molecule has 4 N–H and O–H groups in total. The zero-order chi connectivity index (χ0) is 34.4. The summed E-state index contributed by atoms with van der Waals surface area (Å²) in [5, 5.41) is 13.1. The van der Waals surface area contributed by atoms with E-state index in [1.165, 1.54) is 22.3 Å². The lowest BCUT2D eigenvalue weighted by atomic mass is 9.70. The van der Waals surface area contributed by atoms with Gasteiger partial charge in [0.2, 0.25) is 23.5 Å². The minimum atomic E-state index is -0.987. The van der Waals surface area contributed by atoms with Crippen molar-refractivity contribution in [2.75, 3.05) is 13.1 Å². The average Bonchev–Trinajstić information content (AvgIpc) is 3.45. The van der Waals surface area contributed by atoms with Gasteiger partial charge in [-0.2, -0.15) is 0 Å². The largest absolute Gasteiger partial charge is 0.346 e. The van der Waals surface area contributed by atoms with E-state index in [1.54, 1.807) is 12.1 Å². The molecule has 2 heterocycles. The number of ketones is 1. The normalized spacial score (nSPS) is 21.1. The van der Waals surface area contributed by atoms with E-state index in [2.05, 4.69) is 27.8 Å². The van der Waals surface area contributed by atoms with Crippen molar-refractivity contribution < 1.29 is 28.8 Å². The van der Waals surface area contributed by atoms with Crippen LogP contribution in [-0.4, -0.2) is 77.5 Å². The molecule has 12 heteroatoms. The molecular weight excluding hydrogens is 618 g/mol. The molecule has 47 heavy (non-hydrogen) atoms. The van der Waals surface area contributed by atoms with Crippen LogP contribution in [0.15, 0.2) is 30.2 Å². The predicted octanol–water partition coefficient (Wildman–Crippen LogP) is 3.50. The van der Waals surface area contributed by atoms with Crippen LogP contribution in [0.25, 0.3) is 0 Å². The number of nitrogens with zero attached hydrogens (tertiary/aromatic N) is 1. The molecule has 3 fully saturated rings. The average molecular weight is 670 g/mol. The topological polar surface area (TPSA) is 154 Å². The minimum absolute atomic E-state index is 0.136. The Bertz CT molecular complexity index is 1330. The number of carbonyl (C=O) groups is 6. The van der Waals surface area contributed by atoms with Gasteiger partial charge >= 0.3 is 0 Å². The number of amides is 5. The van der Waals surface area contributed by atoms with Crippen molar-refractivity contribution in [1.29, 1.82) is 0 Å². The number of hydrogen-bond donors (Lipinski definition) is 4. The minimum Gasteiger partial charge on any atom is -0.346 e. The van der Waals surface area contributed by atoms with Crippen molar-refractivity contribution in [3.8, 4) is 0 Å². The molecule has 1 unspecified atom stereocenters. The van der Waals surface area contributed by atoms with Gasteiger partial charge in [-0.1, -0.05) is 71.9 Å². The summed E-state index contributed by atoms with van der Waals surface area (Å²) in [6, 6.07) is -0.163. The third kappa shape index (κ3) is 9.30. The maximum atomic E-state index is 14.3. The van der Waals surface area contributed by atoms with E-state index in [1.807, 2.05) is 33.1 Å². The summed E-state index contributed by atoms with van der Waals surface area (Å²) in [5.41, 5.74) is -1.21. The van der Waals surface area contributed by atoms with Crippen LogP contribution in [-0.2, 0) is 24.0 Å². The van der Waals surface area contributed by atoms with Gasteiger partial charge in [0.05, 0.1) is 10.9 Å². The summed E-state index contributed by atoms with van der Waals surface area (Å²) < 4.78 is 0. The Balaban J connectivity index is 1.51. The Labute approximate surface area is 282 Å². The molecule has 11 nitrogen and oxygen atoms in total. The van der Waals surface area contributed by atoms with Gasteiger partial charge in [-0.3, -0.25) is 28.8 Å². The van der Waals surface area contributed by atoms with Crippen LogP contribution in [0, 0.1) is 16.7 Å². The van der Waals surface area contributed by atoms with Crippen LogP contribution in [0.2, 0.25) is 0 Å². The number of Topliss-reactive ketones (excluding diaryl/α,β-unsaturated/α-hetero) is 1. The van der Waals surface area contributed by atoms with E-state index in [9.17, 15) is 28.8 Å². The molecule has 1 aromatic rings. The van der Waals surface area contributed by atoms with Crippen LogP contribution in [0.1, 0.15) is 102 Å². The van der Waals surface area contributed by atoms with Crippen molar-refractivity contribution in [3.05, 3.63) is 35.0 Å². The van der Waals surface area contributed by atoms with Gasteiger partial charge in [0.15, 0.2) is 0 Å². The first kappa shape index (κ1) is 36.3. The van der Waals surface area contributed by atoms with Crippen LogP contribution >= 0.6 is 11.3 Å². The molecule has 2 aliphatic carbocycles. The van der Waals surface area contributed by atoms with Crippen molar-refractivity contribution in [2.45, 2.75) is 116 Å². The summed E-state index contributed by atoms with van der Waals surface area (Å²) in [5.74, 6) is -2.86. The molecule has 1 saturated heterocycles. The number of rotatable bonds is 14. The Hall–Kier alpha value is -3.54. The lowest BCUT2D eigenvalue weighted by Crippen LogP contribution is -2.63. The van der Waals surface area contributed by atoms with Gasteiger partial charge in [0.25, 0.3) is 11.8 Å². The number of nitrogens with one attached hydrogen (secondary N) is 4. The maximum Gasteiger partial charge on any atom is 0.289 e. The van der Waals surface area contributed by atoms with Crippen molar-refractivity contribution >= 4 is 46.7 Å². The number of hydrogen-bond acceptors (Lipinski definition) is 7. The monoisotopic (exact) mass is 669 g/mol. The number of carbonyl (C=O) groups excluding carboxylic acids is 6. The standard InChI is InChI=1S/C35H51N5O6S/c1-6-18-36-31(44)26(41)23(21-22-14-15-22)37-29(42)24-12-10-19-40(24)33(46)28(34(2,3)4)39-32(45)27(35(5)16-8-7-9-17-35)38-30(43)25-13-11-20-47-25/h6,11,13,20,22-24,27-28H,1,7-10,12,14-19,21H2,2-5H3,(H,36,44)(H,37,42)(H,38,43)(H,39,45)/t23?,24-,27+,28+/m0/s1. The van der Waals surface area contributed by atoms with Crippen LogP contribution in [0.4, 0.5) is 0 Å². The third-order valence-electron chi connectivity index (χ3n) is 9.74. The van der Waals surface area contributed by atoms with Crippen molar-refractivity contribution in [1.82, 2.24) is 26.2 Å². The highest BCUT2D eigenvalue weighted by Crippen LogP contribution is 2.39. The van der Waals surface area contributed by atoms with Crippen LogP contribution < -0.4 is 21.3 Å². The Morgan fingerprint density at radius 1 is 1.02 bits per heavy atom. The van der Waals surface area contributed by atoms with E-state index in [-0.39, 0.29) is 18.4 Å². The van der Waals surface area contributed by atoms with Gasteiger partial charge in [-0.05, 0) is 60.3 Å². The molecule has 258 valence electrons. The fourth-order valence-corrected chi connectivity index (χ4v) is 7.38. The van der Waals surface area contributed by atoms with E-state index < -0.39 is 64.4 Å². The van der Waals surface area contributed by atoms with Gasteiger partial charge < -0.3 is 26.2 Å². The highest BCUT2D eigenvalue weighted by Gasteiger charge is 2.46. The molecule has 5 amide bonds. The lowest BCUT2D eigenvalue weighted by Gasteiger charge is -2.42. The zero-order valence-electron chi connectivity index (χ0n) is 28.2. The van der Waals surface area contributed by atoms with Crippen molar-refractivity contribution in [3.63, 3.8) is 0 Å². The summed E-state index contributed by atoms with van der Waals surface area (Å²) in [4.78, 5) is 82.7. The molecule has 4 rings (SSSR count). The van der Waals surface area contributed by atoms with E-state index in [0.717, 1.165) is 44.9 Å². The fourth-order valence-electron chi connectivity index (χ4n) is 6.75. The van der Waals surface area contributed by atoms with Crippen LogP contribution in [0.3, 0.4) is 0 Å². The van der Waals surface area contributed by atoms with E-state index in [0.29, 0.717) is 30.7 Å². The fraction of sp³-hybridized carbons (Fsp3) is 0.657. The van der Waals surface area contributed by atoms with Crippen molar-refractivity contribution in [2.24, 2.45) is 16.7 Å². The highest BCUT2D eigenvalue weighted by molar-refractivity contribution is 7.12. The van der Waals surface area contributed by atoms with Gasteiger partial charge in [0, 0.05) is 13.1 Å². The molecule has 0 aromatic carbocycles. The molecule has 0 radical (unpaired) electrons. The first-order valence-corrected chi connectivity index (χ1v) is 17.8. The predicted molar refractivity (Wildman–Crippen MR) is 180 cm³/mol. The SMILES string of the molecule is C=CCNC(=O)C(=O)C(CC1CC1)NC(=O)[C@@H]1CCCN1C(=O)[C@@H](NC(=O)[C@@H](NC(=O)c1cccs1)C1(C)CCCCC1)C(C)(C)C. The molecule has 2 saturated carbocycles. The molecule has 1 aliphatic heterocycles. The summed E-state index contributed by atoms with van der Waals surface area (Å²) in [6.45, 7) is 11.6. The van der Waals surface area contributed by atoms with E-state index in [4.69, 9.17) is 0 Å². The highest BCUT2D eigenvalue weighted by atomic mass is 32.1. The quantitative estimate of drug-likeness (QED) is 0.176. The molecule has 1 aromatic heterocycles. The second-order valence-corrected chi connectivity index (χ2v) is 15.6. The van der Waals surface area contributed by atoms with Crippen LogP contribution in [0.5, 0.6) is 0 Å². The Kier molecular flexibility index (Phi) is 12.0. The molecule has 0 spiro atoms. The summed E-state index contributed by atoms with van der Waals surface area (Å²) in [7, 11) is 0. The first-order valence-electron chi connectivity index (χ1n) is 16.9. The summed E-state index contributed by atoms with van der Waals surface area (Å²) in [6.07, 6.45) is 9.17. The molecule has 4 atom stereocenters. The second kappa shape index (κ2) is 15.6. The Morgan fingerprint density at radius 3 is 2.32 bits per heavy atom. The summed E-state index contributed by atoms with van der Waals surface area (Å²) >= 11 is 1.30. The lowest BCUT2D eigenvalue weighted by molar-refractivity contribution is -0.145. The number of thiophene rings is 1. The zero-order valence-corrected chi connectivity index (χ0v) is 29.0. The first-order chi connectivity index (χ1) is 22.2. The molecule has 0 bridgehead atoms.